The summed E-state index contributed by atoms with van der Waals surface area (Å²) in [4.78, 5) is 34.1. The minimum Gasteiger partial charge on any atom is -0.368 e. The number of para-hydroxylation sites is 1. The van der Waals surface area contributed by atoms with Gasteiger partial charge in [0, 0.05) is 48.3 Å². The summed E-state index contributed by atoms with van der Waals surface area (Å²) in [5.74, 6) is -0.324. The molecule has 2 amide bonds. The Labute approximate surface area is 199 Å². The van der Waals surface area contributed by atoms with Crippen LogP contribution in [0, 0.1) is 13.8 Å². The van der Waals surface area contributed by atoms with Gasteiger partial charge in [-0.2, -0.15) is 0 Å². The summed E-state index contributed by atoms with van der Waals surface area (Å²) in [5.41, 5.74) is 5.61. The smallest absolute Gasteiger partial charge is 0.272 e. The standard InChI is InChI=1S/C28H28N4O2/c1-19-7-6-8-21(17-19)27(33)30-25-23-18-20(2)11-12-24(23)29-26(25)28(34)32-15-13-31(14-16-32)22-9-4-3-5-10-22/h3-12,17-18,29H,13-16H2,1-2H3,(H,30,33). The molecular weight excluding hydrogens is 424 g/mol. The van der Waals surface area contributed by atoms with Crippen LogP contribution in [0.15, 0.2) is 72.8 Å². The van der Waals surface area contributed by atoms with Crippen molar-refractivity contribution in [1.29, 1.82) is 0 Å². The number of nitrogens with zero attached hydrogens (tertiary/aromatic N) is 2. The maximum absolute atomic E-state index is 13.6. The van der Waals surface area contributed by atoms with Crippen LogP contribution in [0.25, 0.3) is 10.9 Å². The molecule has 2 N–H and O–H groups in total. The SMILES string of the molecule is Cc1cccc(C(=O)Nc2c(C(=O)N3CCN(c4ccccc4)CC3)[nH]c3ccc(C)cc23)c1. The monoisotopic (exact) mass is 452 g/mol. The first-order valence-corrected chi connectivity index (χ1v) is 11.6. The van der Waals surface area contributed by atoms with E-state index in [0.29, 0.717) is 30.0 Å². The number of rotatable bonds is 4. The van der Waals surface area contributed by atoms with Gasteiger partial charge in [0.05, 0.1) is 5.69 Å². The summed E-state index contributed by atoms with van der Waals surface area (Å²) >= 11 is 0. The molecule has 6 nitrogen and oxygen atoms in total. The van der Waals surface area contributed by atoms with E-state index in [9.17, 15) is 9.59 Å². The Morgan fingerprint density at radius 1 is 0.824 bits per heavy atom. The number of nitrogens with one attached hydrogen (secondary N) is 2. The highest BCUT2D eigenvalue weighted by atomic mass is 16.2. The molecule has 0 atom stereocenters. The number of aromatic amines is 1. The van der Waals surface area contributed by atoms with Crippen LogP contribution in [0.2, 0.25) is 0 Å². The van der Waals surface area contributed by atoms with Crippen LogP contribution in [0.1, 0.15) is 32.0 Å². The van der Waals surface area contributed by atoms with Crippen LogP contribution in [-0.2, 0) is 0 Å². The van der Waals surface area contributed by atoms with E-state index >= 15 is 0 Å². The molecule has 1 fully saturated rings. The zero-order valence-electron chi connectivity index (χ0n) is 19.5. The van der Waals surface area contributed by atoms with Gasteiger partial charge in [-0.15, -0.1) is 0 Å². The number of hydrogen-bond donors (Lipinski definition) is 2. The Morgan fingerprint density at radius 2 is 1.56 bits per heavy atom. The maximum atomic E-state index is 13.6. The molecule has 1 aliphatic rings. The van der Waals surface area contributed by atoms with E-state index in [0.717, 1.165) is 35.1 Å². The van der Waals surface area contributed by atoms with Crippen LogP contribution in [-0.4, -0.2) is 47.9 Å². The summed E-state index contributed by atoms with van der Waals surface area (Å²) in [7, 11) is 0. The van der Waals surface area contributed by atoms with E-state index in [-0.39, 0.29) is 11.8 Å². The van der Waals surface area contributed by atoms with Crippen molar-refractivity contribution in [1.82, 2.24) is 9.88 Å². The summed E-state index contributed by atoms with van der Waals surface area (Å²) in [6.07, 6.45) is 0. The van der Waals surface area contributed by atoms with Gasteiger partial charge in [0.2, 0.25) is 0 Å². The topological polar surface area (TPSA) is 68.4 Å². The Hall–Kier alpha value is -4.06. The van der Waals surface area contributed by atoms with Crippen molar-refractivity contribution in [2.45, 2.75) is 13.8 Å². The molecule has 5 rings (SSSR count). The van der Waals surface area contributed by atoms with Gasteiger partial charge in [0.1, 0.15) is 5.69 Å². The number of hydrogen-bond acceptors (Lipinski definition) is 3. The Balaban J connectivity index is 1.42. The van der Waals surface area contributed by atoms with Crippen molar-refractivity contribution >= 4 is 34.1 Å². The number of piperazine rings is 1. The third-order valence-corrected chi connectivity index (χ3v) is 6.37. The number of anilines is 2. The van der Waals surface area contributed by atoms with Crippen LogP contribution < -0.4 is 10.2 Å². The molecule has 1 aromatic heterocycles. The molecule has 4 aromatic rings. The maximum Gasteiger partial charge on any atom is 0.272 e. The van der Waals surface area contributed by atoms with E-state index in [2.05, 4.69) is 27.3 Å². The van der Waals surface area contributed by atoms with Gasteiger partial charge in [0.15, 0.2) is 0 Å². The number of H-pyrrole nitrogens is 1. The normalized spacial score (nSPS) is 13.8. The van der Waals surface area contributed by atoms with Gasteiger partial charge in [-0.1, -0.05) is 47.5 Å². The molecule has 0 bridgehead atoms. The third-order valence-electron chi connectivity index (χ3n) is 6.37. The van der Waals surface area contributed by atoms with Crippen molar-refractivity contribution in [3.8, 4) is 0 Å². The fraction of sp³-hybridized carbons (Fsp3) is 0.214. The molecule has 0 unspecified atom stereocenters. The number of amides is 2. The highest BCUT2D eigenvalue weighted by molar-refractivity contribution is 6.15. The molecule has 34 heavy (non-hydrogen) atoms. The molecule has 0 saturated carbocycles. The molecule has 2 heterocycles. The van der Waals surface area contributed by atoms with E-state index in [1.54, 1.807) is 6.07 Å². The van der Waals surface area contributed by atoms with Gasteiger partial charge in [-0.05, 0) is 50.2 Å². The van der Waals surface area contributed by atoms with Gasteiger partial charge in [0.25, 0.3) is 11.8 Å². The highest BCUT2D eigenvalue weighted by Crippen LogP contribution is 2.31. The second-order valence-corrected chi connectivity index (χ2v) is 8.86. The Kier molecular flexibility index (Phi) is 5.80. The van der Waals surface area contributed by atoms with Crippen molar-refractivity contribution in [3.63, 3.8) is 0 Å². The summed E-state index contributed by atoms with van der Waals surface area (Å²) < 4.78 is 0. The second kappa shape index (κ2) is 9.06. The fourth-order valence-corrected chi connectivity index (χ4v) is 4.53. The molecule has 1 saturated heterocycles. The summed E-state index contributed by atoms with van der Waals surface area (Å²) in [6.45, 7) is 6.72. The summed E-state index contributed by atoms with van der Waals surface area (Å²) in [6, 6.07) is 23.7. The van der Waals surface area contributed by atoms with Gasteiger partial charge in [-0.3, -0.25) is 9.59 Å². The average molecular weight is 453 g/mol. The lowest BCUT2D eigenvalue weighted by molar-refractivity contribution is 0.0743. The quantitative estimate of drug-likeness (QED) is 0.458. The lowest BCUT2D eigenvalue weighted by Crippen LogP contribution is -2.49. The van der Waals surface area contributed by atoms with Crippen LogP contribution in [0.3, 0.4) is 0 Å². The number of aryl methyl sites for hydroxylation is 2. The first kappa shape index (κ1) is 21.8. The molecule has 0 aliphatic carbocycles. The fourth-order valence-electron chi connectivity index (χ4n) is 4.53. The second-order valence-electron chi connectivity index (χ2n) is 8.86. The van der Waals surface area contributed by atoms with Crippen LogP contribution in [0.5, 0.6) is 0 Å². The van der Waals surface area contributed by atoms with E-state index in [1.807, 2.05) is 73.3 Å². The highest BCUT2D eigenvalue weighted by Gasteiger charge is 2.27. The van der Waals surface area contributed by atoms with E-state index in [4.69, 9.17) is 0 Å². The van der Waals surface area contributed by atoms with Gasteiger partial charge >= 0.3 is 0 Å². The number of fused-ring (bicyclic) bond motifs is 1. The largest absolute Gasteiger partial charge is 0.368 e. The molecule has 3 aromatic carbocycles. The summed E-state index contributed by atoms with van der Waals surface area (Å²) in [5, 5.41) is 3.87. The first-order valence-electron chi connectivity index (χ1n) is 11.6. The number of carbonyl (C=O) groups is 2. The lowest BCUT2D eigenvalue weighted by Gasteiger charge is -2.36. The Bertz CT molecular complexity index is 1350. The number of carbonyl (C=O) groups excluding carboxylic acids is 2. The van der Waals surface area contributed by atoms with Crippen molar-refractivity contribution in [2.75, 3.05) is 36.4 Å². The minimum atomic E-state index is -0.228. The molecule has 1 aliphatic heterocycles. The molecule has 0 spiro atoms. The van der Waals surface area contributed by atoms with Crippen molar-refractivity contribution in [2.24, 2.45) is 0 Å². The van der Waals surface area contributed by atoms with Crippen molar-refractivity contribution in [3.05, 3.63) is 95.2 Å². The van der Waals surface area contributed by atoms with Gasteiger partial charge < -0.3 is 20.1 Å². The molecule has 0 radical (unpaired) electrons. The van der Waals surface area contributed by atoms with Crippen LogP contribution in [0.4, 0.5) is 11.4 Å². The van der Waals surface area contributed by atoms with E-state index in [1.165, 1.54) is 5.69 Å². The predicted molar refractivity (Wildman–Crippen MR) is 137 cm³/mol. The van der Waals surface area contributed by atoms with E-state index < -0.39 is 0 Å². The average Bonchev–Trinajstić information content (AvgIpc) is 3.21. The van der Waals surface area contributed by atoms with Gasteiger partial charge in [-0.25, -0.2) is 0 Å². The minimum absolute atomic E-state index is 0.0962. The number of aromatic nitrogens is 1. The lowest BCUT2D eigenvalue weighted by atomic mass is 10.1. The molecule has 6 heteroatoms. The van der Waals surface area contributed by atoms with Crippen molar-refractivity contribution < 1.29 is 9.59 Å². The first-order chi connectivity index (χ1) is 16.5. The molecule has 172 valence electrons. The Morgan fingerprint density at radius 3 is 2.29 bits per heavy atom. The predicted octanol–water partition coefficient (Wildman–Crippen LogP) is 5.00. The van der Waals surface area contributed by atoms with Crippen LogP contribution >= 0.6 is 0 Å². The number of benzene rings is 3. The zero-order valence-corrected chi connectivity index (χ0v) is 19.5. The zero-order chi connectivity index (χ0) is 23.7. The third kappa shape index (κ3) is 4.27. The molecular formula is C28H28N4O2.